The molecule has 104 valence electrons. The lowest BCUT2D eigenvalue weighted by molar-refractivity contribution is 0.263. The lowest BCUT2D eigenvalue weighted by Crippen LogP contribution is -2.21. The summed E-state index contributed by atoms with van der Waals surface area (Å²) in [6, 6.07) is 14.1. The molecule has 1 aromatic heterocycles. The third-order valence-corrected chi connectivity index (χ3v) is 3.87. The van der Waals surface area contributed by atoms with Crippen molar-refractivity contribution in [3.8, 4) is 11.3 Å². The van der Waals surface area contributed by atoms with Crippen molar-refractivity contribution in [3.05, 3.63) is 42.5 Å². The highest BCUT2D eigenvalue weighted by molar-refractivity contribution is 5.59. The molecule has 1 saturated heterocycles. The number of hydrogen-bond donors (Lipinski definition) is 1. The average molecular weight is 269 g/mol. The predicted octanol–water partition coefficient (Wildman–Crippen LogP) is 2.35. The Morgan fingerprint density at radius 1 is 1.10 bits per heavy atom. The molecule has 1 atom stereocenters. The van der Waals surface area contributed by atoms with E-state index in [1.165, 1.54) is 0 Å². The number of aliphatic hydroxyl groups is 1. The maximum Gasteiger partial charge on any atom is 0.151 e. The Bertz CT molecular complexity index is 541. The number of anilines is 1. The van der Waals surface area contributed by atoms with Gasteiger partial charge in [0.1, 0.15) is 0 Å². The fourth-order valence-corrected chi connectivity index (χ4v) is 2.72. The van der Waals surface area contributed by atoms with Crippen LogP contribution in [0.25, 0.3) is 11.3 Å². The molecule has 4 heteroatoms. The summed E-state index contributed by atoms with van der Waals surface area (Å²) in [6.45, 7) is 2.25. The van der Waals surface area contributed by atoms with E-state index < -0.39 is 0 Å². The SMILES string of the molecule is OCCC1CCN(c2ccc(-c3ccccc3)nn2)C1. The van der Waals surface area contributed by atoms with E-state index in [9.17, 15) is 0 Å². The number of nitrogens with zero attached hydrogens (tertiary/aromatic N) is 3. The molecule has 2 aromatic rings. The minimum Gasteiger partial charge on any atom is -0.396 e. The topological polar surface area (TPSA) is 49.2 Å². The highest BCUT2D eigenvalue weighted by atomic mass is 16.3. The molecule has 1 aliphatic rings. The van der Waals surface area contributed by atoms with Crippen LogP contribution in [-0.2, 0) is 0 Å². The zero-order chi connectivity index (χ0) is 13.8. The molecule has 0 amide bonds. The van der Waals surface area contributed by atoms with Crippen LogP contribution in [0.3, 0.4) is 0 Å². The van der Waals surface area contributed by atoms with Crippen LogP contribution in [0.5, 0.6) is 0 Å². The van der Waals surface area contributed by atoms with Gasteiger partial charge in [0.25, 0.3) is 0 Å². The first-order valence-corrected chi connectivity index (χ1v) is 7.12. The predicted molar refractivity (Wildman–Crippen MR) is 79.5 cm³/mol. The molecule has 4 nitrogen and oxygen atoms in total. The number of aliphatic hydroxyl groups excluding tert-OH is 1. The van der Waals surface area contributed by atoms with Crippen LogP contribution in [0.1, 0.15) is 12.8 Å². The maximum absolute atomic E-state index is 9.00. The molecular weight excluding hydrogens is 250 g/mol. The van der Waals surface area contributed by atoms with Gasteiger partial charge in [-0.25, -0.2) is 0 Å². The highest BCUT2D eigenvalue weighted by Crippen LogP contribution is 2.25. The van der Waals surface area contributed by atoms with E-state index in [4.69, 9.17) is 5.11 Å². The Morgan fingerprint density at radius 3 is 2.65 bits per heavy atom. The highest BCUT2D eigenvalue weighted by Gasteiger charge is 2.23. The van der Waals surface area contributed by atoms with E-state index in [-0.39, 0.29) is 6.61 Å². The molecule has 3 rings (SSSR count). The van der Waals surface area contributed by atoms with Gasteiger partial charge < -0.3 is 10.0 Å². The van der Waals surface area contributed by atoms with Crippen LogP contribution in [-0.4, -0.2) is 35.0 Å². The Kier molecular flexibility index (Phi) is 3.92. The summed E-state index contributed by atoms with van der Waals surface area (Å²) in [4.78, 5) is 2.25. The molecule has 0 aliphatic carbocycles. The molecule has 1 fully saturated rings. The van der Waals surface area contributed by atoms with E-state index >= 15 is 0 Å². The molecule has 1 unspecified atom stereocenters. The fourth-order valence-electron chi connectivity index (χ4n) is 2.72. The van der Waals surface area contributed by atoms with Crippen molar-refractivity contribution in [2.75, 3.05) is 24.6 Å². The van der Waals surface area contributed by atoms with Crippen LogP contribution < -0.4 is 4.90 Å². The first-order chi connectivity index (χ1) is 9.86. The lowest BCUT2D eigenvalue weighted by Gasteiger charge is -2.16. The second-order valence-electron chi connectivity index (χ2n) is 5.26. The number of hydrogen-bond acceptors (Lipinski definition) is 4. The molecule has 1 aromatic carbocycles. The van der Waals surface area contributed by atoms with Crippen molar-refractivity contribution < 1.29 is 5.11 Å². The van der Waals surface area contributed by atoms with Gasteiger partial charge in [0, 0.05) is 25.3 Å². The standard InChI is InChI=1S/C16H19N3O/c20-11-9-13-8-10-19(12-13)16-7-6-15(17-18-16)14-4-2-1-3-5-14/h1-7,13,20H,8-12H2. The molecule has 0 radical (unpaired) electrons. The minimum atomic E-state index is 0.275. The van der Waals surface area contributed by atoms with Gasteiger partial charge in [-0.3, -0.25) is 0 Å². The average Bonchev–Trinajstić information content (AvgIpc) is 2.97. The van der Waals surface area contributed by atoms with Crippen molar-refractivity contribution in [2.24, 2.45) is 5.92 Å². The third-order valence-electron chi connectivity index (χ3n) is 3.87. The maximum atomic E-state index is 9.00. The summed E-state index contributed by atoms with van der Waals surface area (Å²) in [5.41, 5.74) is 1.99. The first-order valence-electron chi connectivity index (χ1n) is 7.12. The van der Waals surface area contributed by atoms with Crippen molar-refractivity contribution in [2.45, 2.75) is 12.8 Å². The van der Waals surface area contributed by atoms with Gasteiger partial charge in [-0.2, -0.15) is 0 Å². The number of benzene rings is 1. The van der Waals surface area contributed by atoms with Crippen molar-refractivity contribution in [1.82, 2.24) is 10.2 Å². The summed E-state index contributed by atoms with van der Waals surface area (Å²) in [5.74, 6) is 1.51. The van der Waals surface area contributed by atoms with Crippen LogP contribution in [0, 0.1) is 5.92 Å². The van der Waals surface area contributed by atoms with Gasteiger partial charge in [-0.1, -0.05) is 30.3 Å². The van der Waals surface area contributed by atoms with Gasteiger partial charge >= 0.3 is 0 Å². The Labute approximate surface area is 119 Å². The Morgan fingerprint density at radius 2 is 1.95 bits per heavy atom. The Balaban J connectivity index is 1.71. The van der Waals surface area contributed by atoms with Gasteiger partial charge in [0.05, 0.1) is 5.69 Å². The molecule has 0 spiro atoms. The summed E-state index contributed by atoms with van der Waals surface area (Å²) in [6.07, 6.45) is 2.01. The second-order valence-corrected chi connectivity index (χ2v) is 5.26. The van der Waals surface area contributed by atoms with Gasteiger partial charge in [-0.15, -0.1) is 10.2 Å². The van der Waals surface area contributed by atoms with Crippen molar-refractivity contribution >= 4 is 5.82 Å². The van der Waals surface area contributed by atoms with Crippen LogP contribution in [0.15, 0.2) is 42.5 Å². The van der Waals surface area contributed by atoms with Crippen LogP contribution in [0.4, 0.5) is 5.82 Å². The van der Waals surface area contributed by atoms with E-state index in [0.29, 0.717) is 5.92 Å². The fraction of sp³-hybridized carbons (Fsp3) is 0.375. The Hall–Kier alpha value is -1.94. The molecule has 0 bridgehead atoms. The van der Waals surface area contributed by atoms with Crippen molar-refractivity contribution in [1.29, 1.82) is 0 Å². The largest absolute Gasteiger partial charge is 0.396 e. The second kappa shape index (κ2) is 6.01. The van der Waals surface area contributed by atoms with Crippen LogP contribution in [0.2, 0.25) is 0 Å². The molecule has 20 heavy (non-hydrogen) atoms. The monoisotopic (exact) mass is 269 g/mol. The molecule has 2 heterocycles. The van der Waals surface area contributed by atoms with E-state index in [1.54, 1.807) is 0 Å². The van der Waals surface area contributed by atoms with E-state index in [0.717, 1.165) is 43.0 Å². The normalized spacial score (nSPS) is 18.4. The van der Waals surface area contributed by atoms with E-state index in [1.807, 2.05) is 42.5 Å². The summed E-state index contributed by atoms with van der Waals surface area (Å²) >= 11 is 0. The first kappa shape index (κ1) is 13.1. The van der Waals surface area contributed by atoms with Gasteiger partial charge in [0.2, 0.25) is 0 Å². The molecule has 1 aliphatic heterocycles. The quantitative estimate of drug-likeness (QED) is 0.925. The van der Waals surface area contributed by atoms with Gasteiger partial charge in [-0.05, 0) is 30.9 Å². The molecule has 0 saturated carbocycles. The van der Waals surface area contributed by atoms with Crippen molar-refractivity contribution in [3.63, 3.8) is 0 Å². The summed E-state index contributed by atoms with van der Waals surface area (Å²) in [5, 5.41) is 17.7. The summed E-state index contributed by atoms with van der Waals surface area (Å²) < 4.78 is 0. The smallest absolute Gasteiger partial charge is 0.151 e. The number of aromatic nitrogens is 2. The zero-order valence-corrected chi connectivity index (χ0v) is 11.4. The lowest BCUT2D eigenvalue weighted by atomic mass is 10.1. The number of rotatable bonds is 4. The van der Waals surface area contributed by atoms with Crippen LogP contribution >= 0.6 is 0 Å². The molecular formula is C16H19N3O. The molecule has 1 N–H and O–H groups in total. The zero-order valence-electron chi connectivity index (χ0n) is 11.4. The third kappa shape index (κ3) is 2.80. The summed E-state index contributed by atoms with van der Waals surface area (Å²) in [7, 11) is 0. The van der Waals surface area contributed by atoms with Gasteiger partial charge in [0.15, 0.2) is 5.82 Å². The van der Waals surface area contributed by atoms with E-state index in [2.05, 4.69) is 15.1 Å². The minimum absolute atomic E-state index is 0.275.